The van der Waals surface area contributed by atoms with Gasteiger partial charge in [0.15, 0.2) is 0 Å². The lowest BCUT2D eigenvalue weighted by atomic mass is 9.94. The van der Waals surface area contributed by atoms with Crippen molar-refractivity contribution in [2.24, 2.45) is 0 Å². The Labute approximate surface area is 467 Å². The topological polar surface area (TPSA) is 18.5 Å². The molecule has 5 heteroatoms. The van der Waals surface area contributed by atoms with E-state index in [4.69, 9.17) is 44.3 Å². The fraction of sp³-hybridized carbons (Fsp3) is 0.391. The maximum atomic E-state index is 5.96. The first-order chi connectivity index (χ1) is 34.9. The molecule has 0 amide bonds. The predicted octanol–water partition coefficient (Wildman–Crippen LogP) is 22.9. The lowest BCUT2D eigenvalue weighted by Crippen LogP contribution is -1.94. The highest BCUT2D eigenvalue weighted by molar-refractivity contribution is 6.31. The van der Waals surface area contributed by atoms with Crippen LogP contribution in [0.2, 0.25) is 15.1 Å². The standard InChI is InChI=1S/C11H16.2C10H13Cl.2C10H14O.C9H11Cl.C9H12/c1-8(2)11-9(3)6-5-7-10(11)4;1-7(2)10-6-9(11)5-4-8(10)3;1-7(2)9-5-4-6-10(11)8(9)3;1-8(2)9-4-6-10(11-3)7-5-9;1-8(2)9-6-4-5-7-10(9)11-3;1-7(2)8-5-3-4-6-9(8)10;1-8(2)9-6-4-3-5-7-9/h5-8H,1-4H3;2*4-7H,1-3H3;2*4-8H,1-3H3;3-7H,1-2H3;3-8H,1-2H3. The van der Waals surface area contributed by atoms with Gasteiger partial charge in [-0.15, -0.1) is 0 Å². The molecular formula is C69H93Cl3O2. The molecule has 7 aromatic carbocycles. The Morgan fingerprint density at radius 1 is 0.324 bits per heavy atom. The first-order valence-electron chi connectivity index (χ1n) is 26.5. The quantitative estimate of drug-likeness (QED) is 0.143. The van der Waals surface area contributed by atoms with Crippen LogP contribution in [0, 0.1) is 27.7 Å². The second kappa shape index (κ2) is 36.1. The molecule has 0 fully saturated rings. The van der Waals surface area contributed by atoms with Crippen molar-refractivity contribution in [1.29, 1.82) is 0 Å². The van der Waals surface area contributed by atoms with Crippen LogP contribution >= 0.6 is 34.8 Å². The molecule has 7 rings (SSSR count). The zero-order chi connectivity index (χ0) is 56.1. The average Bonchev–Trinajstić information content (AvgIpc) is 3.36. The van der Waals surface area contributed by atoms with Crippen molar-refractivity contribution >= 4 is 34.8 Å². The number of hydrogen-bond donors (Lipinski definition) is 0. The van der Waals surface area contributed by atoms with Gasteiger partial charge in [0.05, 0.1) is 14.2 Å². The minimum atomic E-state index is 0.522. The molecule has 0 heterocycles. The molecule has 0 radical (unpaired) electrons. The number of ether oxygens (including phenoxy) is 2. The van der Waals surface area contributed by atoms with Gasteiger partial charge in [-0.2, -0.15) is 0 Å². The third-order valence-electron chi connectivity index (χ3n) is 12.5. The molecule has 0 saturated heterocycles. The molecule has 74 heavy (non-hydrogen) atoms. The molecule has 0 spiro atoms. The summed E-state index contributed by atoms with van der Waals surface area (Å²) in [6.07, 6.45) is 0. The minimum Gasteiger partial charge on any atom is -0.497 e. The molecule has 0 aromatic heterocycles. The lowest BCUT2D eigenvalue weighted by molar-refractivity contribution is 0.407. The lowest BCUT2D eigenvalue weighted by Gasteiger charge is -2.12. The Bertz CT molecular complexity index is 2560. The highest BCUT2D eigenvalue weighted by atomic mass is 35.5. The average molecular weight is 1060 g/mol. The van der Waals surface area contributed by atoms with Gasteiger partial charge >= 0.3 is 0 Å². The molecule has 0 atom stereocenters. The predicted molar refractivity (Wildman–Crippen MR) is 331 cm³/mol. The number of methoxy groups -OCH3 is 2. The molecule has 7 aromatic rings. The van der Waals surface area contributed by atoms with Gasteiger partial charge < -0.3 is 9.47 Å². The van der Waals surface area contributed by atoms with Gasteiger partial charge in [-0.05, 0) is 173 Å². The van der Waals surface area contributed by atoms with Crippen molar-refractivity contribution in [3.8, 4) is 11.5 Å². The summed E-state index contributed by atoms with van der Waals surface area (Å²) in [5.74, 6) is 6.00. The van der Waals surface area contributed by atoms with Crippen molar-refractivity contribution < 1.29 is 9.47 Å². The zero-order valence-corrected chi connectivity index (χ0v) is 51.3. The molecule has 0 N–H and O–H groups in total. The van der Waals surface area contributed by atoms with Crippen LogP contribution in [-0.4, -0.2) is 14.2 Å². The largest absolute Gasteiger partial charge is 0.497 e. The molecule has 402 valence electrons. The van der Waals surface area contributed by atoms with Crippen LogP contribution in [-0.2, 0) is 0 Å². The Morgan fingerprint density at radius 2 is 0.757 bits per heavy atom. The second-order valence-corrected chi connectivity index (χ2v) is 22.0. The van der Waals surface area contributed by atoms with Gasteiger partial charge in [-0.25, -0.2) is 0 Å². The van der Waals surface area contributed by atoms with E-state index in [1.807, 2.05) is 78.9 Å². The van der Waals surface area contributed by atoms with Crippen molar-refractivity contribution in [3.63, 3.8) is 0 Å². The van der Waals surface area contributed by atoms with E-state index in [1.54, 1.807) is 14.2 Å². The van der Waals surface area contributed by atoms with Crippen LogP contribution < -0.4 is 9.47 Å². The summed E-state index contributed by atoms with van der Waals surface area (Å²) >= 11 is 17.7. The van der Waals surface area contributed by atoms with Crippen LogP contribution in [0.1, 0.15) is 200 Å². The minimum absolute atomic E-state index is 0.522. The van der Waals surface area contributed by atoms with E-state index in [0.29, 0.717) is 41.4 Å². The van der Waals surface area contributed by atoms with Crippen LogP contribution in [0.5, 0.6) is 11.5 Å². The third kappa shape index (κ3) is 25.0. The number of benzene rings is 7. The molecule has 0 bridgehead atoms. The fourth-order valence-corrected chi connectivity index (χ4v) is 8.85. The van der Waals surface area contributed by atoms with Crippen LogP contribution in [0.15, 0.2) is 158 Å². The molecular weight excluding hydrogens is 967 g/mol. The molecule has 0 aliphatic rings. The molecule has 2 nitrogen and oxygen atoms in total. The zero-order valence-electron chi connectivity index (χ0n) is 49.0. The molecule has 0 aliphatic carbocycles. The summed E-state index contributed by atoms with van der Waals surface area (Å²) in [6, 6.07) is 53.4. The number of hydrogen-bond acceptors (Lipinski definition) is 2. The normalized spacial score (nSPS) is 10.4. The fourth-order valence-electron chi connectivity index (χ4n) is 8.13. The van der Waals surface area contributed by atoms with E-state index < -0.39 is 0 Å². The number of para-hydroxylation sites is 1. The van der Waals surface area contributed by atoms with E-state index in [9.17, 15) is 0 Å². The summed E-state index contributed by atoms with van der Waals surface area (Å²) in [4.78, 5) is 0. The van der Waals surface area contributed by atoms with E-state index in [0.717, 1.165) is 26.6 Å². The Hall–Kier alpha value is -4.99. The van der Waals surface area contributed by atoms with Gasteiger partial charge in [-0.3, -0.25) is 0 Å². The van der Waals surface area contributed by atoms with Crippen LogP contribution in [0.4, 0.5) is 0 Å². The Morgan fingerprint density at radius 3 is 1.14 bits per heavy atom. The monoisotopic (exact) mass is 1060 g/mol. The van der Waals surface area contributed by atoms with Crippen LogP contribution in [0.25, 0.3) is 0 Å². The summed E-state index contributed by atoms with van der Waals surface area (Å²) < 4.78 is 10.3. The summed E-state index contributed by atoms with van der Waals surface area (Å²) in [5, 5.41) is 2.58. The van der Waals surface area contributed by atoms with Gasteiger partial charge in [0.1, 0.15) is 11.5 Å². The van der Waals surface area contributed by atoms with Crippen molar-refractivity contribution in [2.75, 3.05) is 14.2 Å². The smallest absolute Gasteiger partial charge is 0.122 e. The highest BCUT2D eigenvalue weighted by Gasteiger charge is 2.07. The Kier molecular flexibility index (Phi) is 32.7. The van der Waals surface area contributed by atoms with Gasteiger partial charge in [0, 0.05) is 15.1 Å². The summed E-state index contributed by atoms with van der Waals surface area (Å²) in [7, 11) is 3.39. The summed E-state index contributed by atoms with van der Waals surface area (Å²) in [5.41, 5.74) is 14.8. The van der Waals surface area contributed by atoms with Crippen molar-refractivity contribution in [2.45, 2.75) is 166 Å². The third-order valence-corrected chi connectivity index (χ3v) is 13.4. The summed E-state index contributed by atoms with van der Waals surface area (Å²) in [6.45, 7) is 39.1. The molecule has 0 aliphatic heterocycles. The van der Waals surface area contributed by atoms with E-state index in [-0.39, 0.29) is 0 Å². The van der Waals surface area contributed by atoms with Crippen molar-refractivity contribution in [3.05, 3.63) is 234 Å². The van der Waals surface area contributed by atoms with Gasteiger partial charge in [0.2, 0.25) is 0 Å². The van der Waals surface area contributed by atoms with Gasteiger partial charge in [0.25, 0.3) is 0 Å². The number of aryl methyl sites for hydroxylation is 3. The number of rotatable bonds is 9. The Balaban J connectivity index is 0.000000432. The van der Waals surface area contributed by atoms with Gasteiger partial charge in [-0.1, -0.05) is 247 Å². The van der Waals surface area contributed by atoms with Crippen molar-refractivity contribution in [1.82, 2.24) is 0 Å². The first-order valence-corrected chi connectivity index (χ1v) is 27.6. The van der Waals surface area contributed by atoms with Crippen LogP contribution in [0.3, 0.4) is 0 Å². The molecule has 0 unspecified atom stereocenters. The maximum absolute atomic E-state index is 5.96. The number of halogens is 3. The van der Waals surface area contributed by atoms with E-state index in [1.165, 1.54) is 61.2 Å². The van der Waals surface area contributed by atoms with E-state index >= 15 is 0 Å². The SMILES string of the molecule is CC(C)c1ccccc1.CC(C)c1ccccc1Cl.COc1ccc(C(C)C)cc1.COc1ccccc1C(C)C.Cc1c(Cl)cccc1C(C)C.Cc1ccc(Cl)cc1C(C)C.Cc1cccc(C)c1C(C)C. The second-order valence-electron chi connectivity index (χ2n) is 20.8. The molecule has 0 saturated carbocycles. The first kappa shape index (κ1) is 67.0. The highest BCUT2D eigenvalue weighted by Crippen LogP contribution is 2.27. The maximum Gasteiger partial charge on any atom is 0.122 e. The van der Waals surface area contributed by atoms with E-state index in [2.05, 4.69) is 203 Å².